The fourth-order valence-electron chi connectivity index (χ4n) is 20.4. The molecule has 0 saturated carbocycles. The summed E-state index contributed by atoms with van der Waals surface area (Å²) >= 11 is 0. The van der Waals surface area contributed by atoms with E-state index in [1.54, 1.807) is 0 Å². The van der Waals surface area contributed by atoms with Crippen molar-refractivity contribution in [1.82, 2.24) is 0 Å². The van der Waals surface area contributed by atoms with Gasteiger partial charge in [-0.3, -0.25) is 0 Å². The van der Waals surface area contributed by atoms with Crippen molar-refractivity contribution < 1.29 is 0 Å². The van der Waals surface area contributed by atoms with Gasteiger partial charge in [0, 0.05) is 55.8 Å². The van der Waals surface area contributed by atoms with Crippen LogP contribution in [0.5, 0.6) is 0 Å². The maximum absolute atomic E-state index is 4.08. The lowest BCUT2D eigenvalue weighted by molar-refractivity contribution is 0.520. The smallest absolute Gasteiger partial charge is 0.0465 e. The van der Waals surface area contributed by atoms with Crippen molar-refractivity contribution in [3.63, 3.8) is 0 Å². The number of hydrogen-bond donors (Lipinski definition) is 0. The number of nitrogens with zero attached hydrogens (tertiary/aromatic N) is 2. The summed E-state index contributed by atoms with van der Waals surface area (Å²) in [7, 11) is 0. The van der Waals surface area contributed by atoms with Crippen molar-refractivity contribution in [3.05, 3.63) is 479 Å². The summed E-state index contributed by atoms with van der Waals surface area (Å²) in [6.45, 7) is 25.8. The van der Waals surface area contributed by atoms with E-state index in [4.69, 9.17) is 0 Å². The number of anilines is 6. The quantitative estimate of drug-likeness (QED) is 0.0707. The maximum Gasteiger partial charge on any atom is 0.0465 e. The Morgan fingerprint density at radius 2 is 0.424 bits per heavy atom. The summed E-state index contributed by atoms with van der Waals surface area (Å²) in [6, 6.07) is 138. The summed E-state index contributed by atoms with van der Waals surface area (Å²) < 4.78 is 0. The van der Waals surface area contributed by atoms with Gasteiger partial charge in [0.25, 0.3) is 0 Å². The second kappa shape index (κ2) is 29.1. The zero-order chi connectivity index (χ0) is 80.0. The van der Waals surface area contributed by atoms with Crippen molar-refractivity contribution in [2.45, 2.75) is 75.0 Å². The highest BCUT2D eigenvalue weighted by Crippen LogP contribution is 2.58. The third-order valence-electron chi connectivity index (χ3n) is 26.6. The highest BCUT2D eigenvalue weighted by atomic mass is 15.1. The molecule has 0 spiro atoms. The first-order valence-electron chi connectivity index (χ1n) is 41.5. The lowest BCUT2D eigenvalue weighted by Crippen LogP contribution is -2.31. The van der Waals surface area contributed by atoms with Crippen LogP contribution in [0.1, 0.15) is 117 Å². The Balaban J connectivity index is 0.647. The van der Waals surface area contributed by atoms with E-state index >= 15 is 0 Å². The fraction of sp³-hybridized carbons (Fsp3) is 0.103. The molecule has 0 saturated heterocycles. The van der Waals surface area contributed by atoms with E-state index in [1.807, 2.05) is 24.3 Å². The Morgan fingerprint density at radius 3 is 0.712 bits per heavy atom. The van der Waals surface area contributed by atoms with Crippen LogP contribution in [0.4, 0.5) is 34.1 Å². The molecule has 2 heteroatoms. The first-order chi connectivity index (χ1) is 57.7. The van der Waals surface area contributed by atoms with E-state index in [0.29, 0.717) is 0 Å². The van der Waals surface area contributed by atoms with Crippen molar-refractivity contribution in [2.24, 2.45) is 0 Å². The van der Waals surface area contributed by atoms with Crippen molar-refractivity contribution >= 4 is 58.4 Å². The summed E-state index contributed by atoms with van der Waals surface area (Å²) in [5.41, 5.74) is 43.5. The minimum absolute atomic E-state index is 0.186. The van der Waals surface area contributed by atoms with E-state index in [-0.39, 0.29) is 21.7 Å². The van der Waals surface area contributed by atoms with Gasteiger partial charge in [-0.05, 0) is 278 Å². The van der Waals surface area contributed by atoms with Gasteiger partial charge < -0.3 is 9.80 Å². The average molecular weight is 1510 g/mol. The summed E-state index contributed by atoms with van der Waals surface area (Å²) in [5.74, 6) is 0. The van der Waals surface area contributed by atoms with Gasteiger partial charge in [0.15, 0.2) is 0 Å². The number of hydrogen-bond acceptors (Lipinski definition) is 2. The molecule has 0 heterocycles. The maximum atomic E-state index is 4.08. The van der Waals surface area contributed by atoms with Gasteiger partial charge in [-0.25, -0.2) is 0 Å². The summed E-state index contributed by atoms with van der Waals surface area (Å²) in [6.07, 6.45) is 11.1. The molecular weight excluding hydrogens is 1420 g/mol. The molecule has 0 bridgehead atoms. The molecule has 0 amide bonds. The fourth-order valence-corrected chi connectivity index (χ4v) is 20.4. The van der Waals surface area contributed by atoms with Crippen molar-refractivity contribution in [1.29, 1.82) is 0 Å². The molecule has 0 radical (unpaired) electrons. The van der Waals surface area contributed by atoms with Crippen LogP contribution in [-0.4, -0.2) is 0 Å². The van der Waals surface area contributed by atoms with Crippen LogP contribution >= 0.6 is 0 Å². The Kier molecular flexibility index (Phi) is 18.0. The minimum Gasteiger partial charge on any atom is -0.310 e. The second-order valence-electron chi connectivity index (χ2n) is 33.9. The highest BCUT2D eigenvalue weighted by Gasteiger charge is 2.46. The number of rotatable bonds is 21. The minimum atomic E-state index is -0.334. The Labute approximate surface area is 695 Å². The van der Waals surface area contributed by atoms with E-state index in [2.05, 4.69) is 428 Å². The van der Waals surface area contributed by atoms with Gasteiger partial charge >= 0.3 is 0 Å². The van der Waals surface area contributed by atoms with Gasteiger partial charge in [-0.15, -0.1) is 0 Å². The van der Waals surface area contributed by atoms with Gasteiger partial charge in [-0.1, -0.05) is 357 Å². The van der Waals surface area contributed by atoms with Gasteiger partial charge in [-0.2, -0.15) is 0 Å². The first-order valence-corrected chi connectivity index (χ1v) is 41.5. The predicted octanol–water partition coefficient (Wildman–Crippen LogP) is 30.3. The molecule has 4 aliphatic carbocycles. The molecule has 0 fully saturated rings. The lowest BCUT2D eigenvalue weighted by atomic mass is 9.69. The molecule has 0 aliphatic heterocycles. The van der Waals surface area contributed by atoms with Crippen LogP contribution in [0.2, 0.25) is 0 Å². The largest absolute Gasteiger partial charge is 0.310 e. The second-order valence-corrected chi connectivity index (χ2v) is 33.9. The normalized spacial score (nSPS) is 14.0. The third-order valence-corrected chi connectivity index (χ3v) is 26.6. The molecule has 16 aromatic rings. The molecular formula is C116H92N2. The van der Waals surface area contributed by atoms with E-state index in [1.165, 1.54) is 134 Å². The molecule has 118 heavy (non-hydrogen) atoms. The standard InChI is InChI=1S/C116H92N2/c1-9-77-29-37-81(38-30-77)73-115(74-82-39-31-78(10-2)32-40-82)107-27-19-15-23-99(107)103-65-53-89(69-111(103)115)87-49-59-93(60-50-87)117(95-63-67-101-97-21-13-17-25-105(97)113(5,6)109(101)71-95)91-55-45-85(46-56-91)86-47-57-92(58-48-86)118(96-64-68-102-98-22-14-18-26-106(98)114(7,8)110(102)72-96)94-61-51-88(52-62-94)90-54-66-104-100-24-16-20-28-108(100)116(112(104)70-90,75-83-41-33-79(11-3)34-42-83)76-84-43-35-80(12-4)36-44-84/h9-72H,1-4,73-76H2,5-8H3. The van der Waals surface area contributed by atoms with Gasteiger partial charge in [0.1, 0.15) is 0 Å². The molecule has 16 aromatic carbocycles. The SMILES string of the molecule is C=Cc1ccc(CC2(Cc3ccc(C=C)cc3)c3ccccc3-c3ccc(-c4ccc(N(c5ccc(-c6ccc(N(c7ccc(-c8ccc9c(c8)C(Cc8ccc(C=C)cc8)(Cc8ccc(C=C)cc8)c8ccccc8-9)cc7)c7ccc8c(c7)C(C)(C)c7ccccc7-8)cc6)cc5)c5ccc6c(c5)C(C)(C)c5ccccc5-6)cc4)cc32)cc1. The first kappa shape index (κ1) is 73.0. The van der Waals surface area contributed by atoms with Crippen molar-refractivity contribution in [2.75, 3.05) is 9.80 Å². The van der Waals surface area contributed by atoms with Crippen LogP contribution in [0.25, 0.3) is 102 Å². The monoisotopic (exact) mass is 1510 g/mol. The van der Waals surface area contributed by atoms with Crippen LogP contribution in [0.3, 0.4) is 0 Å². The van der Waals surface area contributed by atoms with E-state index in [0.717, 1.165) is 93.2 Å². The molecule has 0 aromatic heterocycles. The van der Waals surface area contributed by atoms with Crippen LogP contribution in [0.15, 0.2) is 390 Å². The molecule has 0 unspecified atom stereocenters. The van der Waals surface area contributed by atoms with Crippen LogP contribution in [-0.2, 0) is 47.3 Å². The van der Waals surface area contributed by atoms with Crippen molar-refractivity contribution in [3.8, 4) is 77.9 Å². The molecule has 4 aliphatic rings. The summed E-state index contributed by atoms with van der Waals surface area (Å²) in [5, 5.41) is 0. The zero-order valence-electron chi connectivity index (χ0n) is 67.5. The zero-order valence-corrected chi connectivity index (χ0v) is 67.5. The average Bonchev–Trinajstić information content (AvgIpc) is 1.57. The van der Waals surface area contributed by atoms with Crippen LogP contribution < -0.4 is 9.80 Å². The predicted molar refractivity (Wildman–Crippen MR) is 501 cm³/mol. The topological polar surface area (TPSA) is 6.48 Å². The molecule has 20 rings (SSSR count). The Bertz CT molecular complexity index is 6110. The third kappa shape index (κ3) is 12.4. The molecule has 0 N–H and O–H groups in total. The summed E-state index contributed by atoms with van der Waals surface area (Å²) in [4.78, 5) is 4.89. The molecule has 2 nitrogen and oxygen atoms in total. The van der Waals surface area contributed by atoms with E-state index in [9.17, 15) is 0 Å². The van der Waals surface area contributed by atoms with Crippen LogP contribution in [0, 0.1) is 0 Å². The number of fused-ring (bicyclic) bond motifs is 12. The molecule has 566 valence electrons. The lowest BCUT2D eigenvalue weighted by Gasteiger charge is -2.33. The Hall–Kier alpha value is -13.9. The van der Waals surface area contributed by atoms with E-state index < -0.39 is 0 Å². The highest BCUT2D eigenvalue weighted by molar-refractivity contribution is 5.92. The Morgan fingerprint density at radius 1 is 0.203 bits per heavy atom. The number of benzene rings is 16. The molecule has 0 atom stereocenters. The van der Waals surface area contributed by atoms with Gasteiger partial charge in [0.05, 0.1) is 0 Å². The van der Waals surface area contributed by atoms with Gasteiger partial charge in [0.2, 0.25) is 0 Å².